The number of nitrogens with one attached hydrogen (secondary N) is 2. The number of aromatic nitrogens is 4. The molecule has 0 aliphatic carbocycles. The lowest BCUT2D eigenvalue weighted by Gasteiger charge is -2.06. The molecule has 27 heavy (non-hydrogen) atoms. The van der Waals surface area contributed by atoms with Gasteiger partial charge in [-0.1, -0.05) is 12.1 Å². The van der Waals surface area contributed by atoms with Crippen molar-refractivity contribution in [2.24, 2.45) is 0 Å². The number of hydrogen-bond donors (Lipinski definition) is 2. The van der Waals surface area contributed by atoms with E-state index in [4.69, 9.17) is 4.74 Å². The zero-order chi connectivity index (χ0) is 19.0. The molecule has 0 unspecified atom stereocenters. The minimum Gasteiger partial charge on any atom is -0.402 e. The highest BCUT2D eigenvalue weighted by Crippen LogP contribution is 2.29. The summed E-state index contributed by atoms with van der Waals surface area (Å²) in [5.41, 5.74) is 1.25. The third kappa shape index (κ3) is 3.39. The summed E-state index contributed by atoms with van der Waals surface area (Å²) in [5.74, 6) is -0.317. The first-order chi connectivity index (χ1) is 12.9. The number of alkyl halides is 3. The van der Waals surface area contributed by atoms with Gasteiger partial charge in [0.25, 0.3) is 0 Å². The van der Waals surface area contributed by atoms with Gasteiger partial charge in [-0.25, -0.2) is 9.78 Å². The van der Waals surface area contributed by atoms with E-state index in [9.17, 15) is 18.0 Å². The number of carbonyl (C=O) groups is 1. The Labute approximate surface area is 150 Å². The van der Waals surface area contributed by atoms with Gasteiger partial charge in [0.05, 0.1) is 22.2 Å². The maximum Gasteiger partial charge on any atom is 0.416 e. The number of para-hydroxylation sites is 2. The zero-order valence-corrected chi connectivity index (χ0v) is 13.5. The number of aromatic amines is 2. The van der Waals surface area contributed by atoms with Crippen LogP contribution in [0.15, 0.2) is 54.6 Å². The van der Waals surface area contributed by atoms with E-state index in [0.29, 0.717) is 11.5 Å². The Balaban J connectivity index is 1.51. The van der Waals surface area contributed by atoms with Crippen molar-refractivity contribution in [3.05, 3.63) is 65.7 Å². The molecule has 0 saturated heterocycles. The third-order valence-electron chi connectivity index (χ3n) is 3.84. The largest absolute Gasteiger partial charge is 0.416 e. The molecule has 0 atom stereocenters. The maximum atomic E-state index is 12.6. The number of nitrogens with zero attached hydrogens (tertiary/aromatic N) is 2. The minimum absolute atomic E-state index is 0.0173. The highest BCUT2D eigenvalue weighted by molar-refractivity contribution is 5.91. The van der Waals surface area contributed by atoms with Crippen molar-refractivity contribution in [1.82, 2.24) is 20.2 Å². The standard InChI is InChI=1S/C18H11F3N4O2/c19-18(20,21)11-7-5-10(6-8-11)17(26)27-15-9-14(24-25-15)16-22-12-3-1-2-4-13(12)23-16/h1-9H,(H,22,23)(H,24,25). The van der Waals surface area contributed by atoms with E-state index in [-0.39, 0.29) is 11.4 Å². The molecule has 2 N–H and O–H groups in total. The summed E-state index contributed by atoms with van der Waals surface area (Å²) >= 11 is 0. The molecule has 0 aliphatic rings. The van der Waals surface area contributed by atoms with Gasteiger partial charge in [-0.05, 0) is 36.4 Å². The number of H-pyrrole nitrogens is 2. The first-order valence-corrected chi connectivity index (χ1v) is 7.80. The van der Waals surface area contributed by atoms with Crippen LogP contribution < -0.4 is 4.74 Å². The number of benzene rings is 2. The predicted molar refractivity (Wildman–Crippen MR) is 90.1 cm³/mol. The highest BCUT2D eigenvalue weighted by atomic mass is 19.4. The van der Waals surface area contributed by atoms with Gasteiger partial charge in [0.1, 0.15) is 5.69 Å². The van der Waals surface area contributed by atoms with Crippen LogP contribution in [0, 0.1) is 0 Å². The van der Waals surface area contributed by atoms with Gasteiger partial charge in [-0.2, -0.15) is 13.2 Å². The van der Waals surface area contributed by atoms with E-state index in [1.54, 1.807) is 0 Å². The Bertz CT molecular complexity index is 1080. The van der Waals surface area contributed by atoms with Crippen LogP contribution in [-0.4, -0.2) is 26.1 Å². The van der Waals surface area contributed by atoms with Crippen molar-refractivity contribution in [2.45, 2.75) is 6.18 Å². The summed E-state index contributed by atoms with van der Waals surface area (Å²) in [6, 6.07) is 12.7. The van der Waals surface area contributed by atoms with Gasteiger partial charge < -0.3 is 9.72 Å². The molecule has 0 bridgehead atoms. The molecule has 0 radical (unpaired) electrons. The second-order valence-corrected chi connectivity index (χ2v) is 5.69. The molecule has 4 aromatic rings. The molecule has 6 nitrogen and oxygen atoms in total. The second-order valence-electron chi connectivity index (χ2n) is 5.69. The molecule has 0 spiro atoms. The van der Waals surface area contributed by atoms with E-state index in [2.05, 4.69) is 20.2 Å². The quantitative estimate of drug-likeness (QED) is 0.528. The summed E-state index contributed by atoms with van der Waals surface area (Å²) in [5, 5.41) is 6.58. The minimum atomic E-state index is -4.47. The van der Waals surface area contributed by atoms with Crippen LogP contribution in [0.4, 0.5) is 13.2 Å². The number of imidazole rings is 1. The topological polar surface area (TPSA) is 83.7 Å². The normalized spacial score (nSPS) is 11.7. The van der Waals surface area contributed by atoms with Crippen LogP contribution in [0.3, 0.4) is 0 Å². The summed E-state index contributed by atoms with van der Waals surface area (Å²) in [6.45, 7) is 0. The fourth-order valence-electron chi connectivity index (χ4n) is 2.51. The number of fused-ring (bicyclic) bond motifs is 1. The van der Waals surface area contributed by atoms with Crippen molar-refractivity contribution in [3.8, 4) is 17.4 Å². The molecule has 2 aromatic carbocycles. The number of carbonyl (C=O) groups excluding carboxylic acids is 1. The number of halogens is 3. The molecule has 9 heteroatoms. The van der Waals surface area contributed by atoms with Crippen LogP contribution in [0.5, 0.6) is 5.88 Å². The summed E-state index contributed by atoms with van der Waals surface area (Å²) in [6.07, 6.45) is -4.47. The Morgan fingerprint density at radius 1 is 1.04 bits per heavy atom. The van der Waals surface area contributed by atoms with Gasteiger partial charge in [0.15, 0.2) is 5.82 Å². The van der Waals surface area contributed by atoms with Gasteiger partial charge in [0.2, 0.25) is 5.88 Å². The first-order valence-electron chi connectivity index (χ1n) is 7.80. The van der Waals surface area contributed by atoms with Crippen molar-refractivity contribution < 1.29 is 22.7 Å². The van der Waals surface area contributed by atoms with Crippen molar-refractivity contribution in [3.63, 3.8) is 0 Å². The van der Waals surface area contributed by atoms with Crippen molar-refractivity contribution >= 4 is 17.0 Å². The van der Waals surface area contributed by atoms with Crippen molar-refractivity contribution in [2.75, 3.05) is 0 Å². The molecule has 0 fully saturated rings. The Kier molecular flexibility index (Phi) is 3.91. The number of esters is 1. The number of ether oxygens (including phenoxy) is 1. The smallest absolute Gasteiger partial charge is 0.402 e. The Hall–Kier alpha value is -3.62. The zero-order valence-electron chi connectivity index (χ0n) is 13.5. The summed E-state index contributed by atoms with van der Waals surface area (Å²) < 4.78 is 42.8. The predicted octanol–water partition coefficient (Wildman–Crippen LogP) is 4.19. The molecule has 2 aromatic heterocycles. The van der Waals surface area contributed by atoms with Crippen molar-refractivity contribution in [1.29, 1.82) is 0 Å². The SMILES string of the molecule is O=C(Oc1cc(-c2nc3ccccc3[nH]2)[nH]n1)c1ccc(C(F)(F)F)cc1. The molecule has 4 rings (SSSR count). The van der Waals surface area contributed by atoms with Gasteiger partial charge in [-0.3, -0.25) is 5.10 Å². The molecular weight excluding hydrogens is 361 g/mol. The fourth-order valence-corrected chi connectivity index (χ4v) is 2.51. The van der Waals surface area contributed by atoms with Gasteiger partial charge >= 0.3 is 12.1 Å². The van der Waals surface area contributed by atoms with Gasteiger partial charge in [0, 0.05) is 6.07 Å². The molecule has 136 valence electrons. The second kappa shape index (κ2) is 6.27. The summed E-state index contributed by atoms with van der Waals surface area (Å²) in [4.78, 5) is 19.6. The third-order valence-corrected chi connectivity index (χ3v) is 3.84. The lowest BCUT2D eigenvalue weighted by molar-refractivity contribution is -0.137. The molecule has 0 saturated carbocycles. The number of hydrogen-bond acceptors (Lipinski definition) is 4. The fraction of sp³-hybridized carbons (Fsp3) is 0.0556. The van der Waals surface area contributed by atoms with E-state index >= 15 is 0 Å². The van der Waals surface area contributed by atoms with Crippen LogP contribution in [0.1, 0.15) is 15.9 Å². The van der Waals surface area contributed by atoms with E-state index in [0.717, 1.165) is 35.3 Å². The first kappa shape index (κ1) is 16.8. The lowest BCUT2D eigenvalue weighted by Crippen LogP contribution is -2.10. The Morgan fingerprint density at radius 3 is 2.48 bits per heavy atom. The van der Waals surface area contributed by atoms with E-state index in [1.165, 1.54) is 6.07 Å². The molecule has 0 aliphatic heterocycles. The summed E-state index contributed by atoms with van der Waals surface area (Å²) in [7, 11) is 0. The van der Waals surface area contributed by atoms with Crippen LogP contribution >= 0.6 is 0 Å². The van der Waals surface area contributed by atoms with Crippen LogP contribution in [0.2, 0.25) is 0 Å². The number of rotatable bonds is 3. The maximum absolute atomic E-state index is 12.6. The van der Waals surface area contributed by atoms with E-state index in [1.807, 2.05) is 24.3 Å². The average molecular weight is 372 g/mol. The molecule has 0 amide bonds. The Morgan fingerprint density at radius 2 is 1.78 bits per heavy atom. The van der Waals surface area contributed by atoms with Crippen LogP contribution in [0.25, 0.3) is 22.6 Å². The monoisotopic (exact) mass is 372 g/mol. The molecular formula is C18H11F3N4O2. The molecule has 2 heterocycles. The van der Waals surface area contributed by atoms with E-state index < -0.39 is 17.7 Å². The average Bonchev–Trinajstić information content (AvgIpc) is 3.27. The van der Waals surface area contributed by atoms with Crippen LogP contribution in [-0.2, 0) is 6.18 Å². The van der Waals surface area contributed by atoms with Gasteiger partial charge in [-0.15, -0.1) is 5.10 Å². The lowest BCUT2D eigenvalue weighted by atomic mass is 10.1. The highest BCUT2D eigenvalue weighted by Gasteiger charge is 2.30.